The zero-order valence-corrected chi connectivity index (χ0v) is 16.2. The molecule has 3 rings (SSSR count). The minimum atomic E-state index is -3.50. The van der Waals surface area contributed by atoms with Crippen LogP contribution in [-0.4, -0.2) is 31.4 Å². The summed E-state index contributed by atoms with van der Waals surface area (Å²) in [5, 5.41) is 9.58. The molecule has 27 heavy (non-hydrogen) atoms. The first-order chi connectivity index (χ1) is 12.8. The molecule has 0 amide bonds. The molecule has 0 fully saturated rings. The van der Waals surface area contributed by atoms with E-state index in [1.54, 1.807) is 22.9 Å². The standard InChI is InChI=1S/C20H20N4O2S/c1-14-4-8-16(9-5-14)24-13-19(18(12-21)20(24)22)15-6-10-17(11-7-15)27(25,26)23(2)3/h4-11,13H,22H2,1-3H3. The molecule has 0 saturated carbocycles. The summed E-state index contributed by atoms with van der Waals surface area (Å²) >= 11 is 0. The fraction of sp³-hybridized carbons (Fsp3) is 0.150. The predicted molar refractivity (Wildman–Crippen MR) is 106 cm³/mol. The van der Waals surface area contributed by atoms with Gasteiger partial charge >= 0.3 is 0 Å². The summed E-state index contributed by atoms with van der Waals surface area (Å²) in [4.78, 5) is 0.195. The lowest BCUT2D eigenvalue weighted by Crippen LogP contribution is -2.22. The number of hydrogen-bond acceptors (Lipinski definition) is 4. The van der Waals surface area contributed by atoms with Gasteiger partial charge in [0.05, 0.1) is 4.90 Å². The van der Waals surface area contributed by atoms with E-state index in [-0.39, 0.29) is 4.90 Å². The average molecular weight is 380 g/mol. The van der Waals surface area contributed by atoms with Crippen LogP contribution in [0, 0.1) is 18.3 Å². The van der Waals surface area contributed by atoms with Gasteiger partial charge in [-0.2, -0.15) is 5.26 Å². The minimum Gasteiger partial charge on any atom is -0.384 e. The van der Waals surface area contributed by atoms with E-state index in [1.165, 1.54) is 26.2 Å². The Bertz CT molecular complexity index is 1120. The number of hydrogen-bond donors (Lipinski definition) is 1. The van der Waals surface area contributed by atoms with Gasteiger partial charge in [0, 0.05) is 31.5 Å². The second-order valence-corrected chi connectivity index (χ2v) is 8.58. The number of anilines is 1. The van der Waals surface area contributed by atoms with Crippen LogP contribution in [0.3, 0.4) is 0 Å². The lowest BCUT2D eigenvalue weighted by atomic mass is 10.1. The first-order valence-electron chi connectivity index (χ1n) is 8.26. The van der Waals surface area contributed by atoms with E-state index in [0.717, 1.165) is 21.1 Å². The van der Waals surface area contributed by atoms with Crippen molar-refractivity contribution < 1.29 is 8.42 Å². The second kappa shape index (κ2) is 6.91. The third kappa shape index (κ3) is 3.33. The van der Waals surface area contributed by atoms with Crippen LogP contribution in [0.1, 0.15) is 11.1 Å². The van der Waals surface area contributed by atoms with Gasteiger partial charge in [-0.3, -0.25) is 0 Å². The summed E-state index contributed by atoms with van der Waals surface area (Å²) in [6.07, 6.45) is 1.80. The molecule has 0 saturated heterocycles. The van der Waals surface area contributed by atoms with Crippen LogP contribution < -0.4 is 5.73 Å². The van der Waals surface area contributed by atoms with Crippen LogP contribution in [0.4, 0.5) is 5.82 Å². The van der Waals surface area contributed by atoms with Crippen molar-refractivity contribution >= 4 is 15.8 Å². The molecule has 6 nitrogen and oxygen atoms in total. The molecule has 0 bridgehead atoms. The van der Waals surface area contributed by atoms with E-state index >= 15 is 0 Å². The van der Waals surface area contributed by atoms with Crippen molar-refractivity contribution in [3.63, 3.8) is 0 Å². The molecule has 3 aromatic rings. The van der Waals surface area contributed by atoms with Crippen molar-refractivity contribution in [2.75, 3.05) is 19.8 Å². The number of rotatable bonds is 4. The largest absolute Gasteiger partial charge is 0.384 e. The predicted octanol–water partition coefficient (Wildman–Crippen LogP) is 3.16. The smallest absolute Gasteiger partial charge is 0.242 e. The van der Waals surface area contributed by atoms with E-state index in [1.807, 2.05) is 31.2 Å². The molecule has 2 aromatic carbocycles. The highest BCUT2D eigenvalue weighted by Crippen LogP contribution is 2.32. The van der Waals surface area contributed by atoms with Gasteiger partial charge in [-0.25, -0.2) is 12.7 Å². The molecule has 0 radical (unpaired) electrons. The Balaban J connectivity index is 2.09. The molecule has 7 heteroatoms. The normalized spacial score (nSPS) is 11.5. The highest BCUT2D eigenvalue weighted by atomic mass is 32.2. The van der Waals surface area contributed by atoms with E-state index in [0.29, 0.717) is 16.9 Å². The number of benzene rings is 2. The van der Waals surface area contributed by atoms with Crippen molar-refractivity contribution in [3.8, 4) is 22.9 Å². The summed E-state index contributed by atoms with van der Waals surface area (Å²) in [5.74, 6) is 0.348. The Labute approximate surface area is 159 Å². The van der Waals surface area contributed by atoms with Crippen LogP contribution >= 0.6 is 0 Å². The first-order valence-corrected chi connectivity index (χ1v) is 9.70. The Hall–Kier alpha value is -3.08. The second-order valence-electron chi connectivity index (χ2n) is 6.43. The number of aryl methyl sites for hydroxylation is 1. The van der Waals surface area contributed by atoms with E-state index < -0.39 is 10.0 Å². The molecule has 2 N–H and O–H groups in total. The van der Waals surface area contributed by atoms with Gasteiger partial charge in [0.25, 0.3) is 0 Å². The topological polar surface area (TPSA) is 92.1 Å². The van der Waals surface area contributed by atoms with Crippen molar-refractivity contribution in [3.05, 3.63) is 65.9 Å². The van der Waals surface area contributed by atoms with Gasteiger partial charge in [0.2, 0.25) is 10.0 Å². The average Bonchev–Trinajstić information content (AvgIpc) is 2.98. The summed E-state index contributed by atoms with van der Waals surface area (Å²) in [6, 6.07) is 16.4. The molecular formula is C20H20N4O2S. The molecule has 1 aromatic heterocycles. The molecule has 0 aliphatic heterocycles. The molecule has 0 aliphatic carbocycles. The van der Waals surface area contributed by atoms with Crippen molar-refractivity contribution in [2.24, 2.45) is 0 Å². The summed E-state index contributed by atoms with van der Waals surface area (Å²) < 4.78 is 27.4. The number of nitrogen functional groups attached to an aromatic ring is 1. The Morgan fingerprint density at radius 3 is 2.15 bits per heavy atom. The maximum atomic E-state index is 12.2. The van der Waals surface area contributed by atoms with Gasteiger partial charge in [-0.05, 0) is 36.8 Å². The SMILES string of the molecule is Cc1ccc(-n2cc(-c3ccc(S(=O)(=O)N(C)C)cc3)c(C#N)c2N)cc1. The van der Waals surface area contributed by atoms with Crippen molar-refractivity contribution in [2.45, 2.75) is 11.8 Å². The lowest BCUT2D eigenvalue weighted by Gasteiger charge is -2.11. The molecule has 0 atom stereocenters. The van der Waals surface area contributed by atoms with Gasteiger partial charge in [0.1, 0.15) is 17.5 Å². The molecule has 0 aliphatic rings. The number of nitrogens with zero attached hydrogens (tertiary/aromatic N) is 3. The maximum absolute atomic E-state index is 12.2. The number of nitrogens with two attached hydrogens (primary N) is 1. The van der Waals surface area contributed by atoms with Crippen LogP contribution in [0.25, 0.3) is 16.8 Å². The molecule has 1 heterocycles. The summed E-state index contributed by atoms with van der Waals surface area (Å²) in [5.41, 5.74) is 9.92. The third-order valence-corrected chi connectivity index (χ3v) is 6.24. The monoisotopic (exact) mass is 380 g/mol. The van der Waals surface area contributed by atoms with Crippen molar-refractivity contribution in [1.82, 2.24) is 8.87 Å². The van der Waals surface area contributed by atoms with Gasteiger partial charge in [0.15, 0.2) is 0 Å². The maximum Gasteiger partial charge on any atom is 0.242 e. The zero-order valence-electron chi connectivity index (χ0n) is 15.3. The van der Waals surface area contributed by atoms with E-state index in [2.05, 4.69) is 6.07 Å². The zero-order chi connectivity index (χ0) is 19.8. The fourth-order valence-corrected chi connectivity index (χ4v) is 3.70. The van der Waals surface area contributed by atoms with Gasteiger partial charge in [-0.1, -0.05) is 29.8 Å². The fourth-order valence-electron chi connectivity index (χ4n) is 2.79. The summed E-state index contributed by atoms with van der Waals surface area (Å²) in [7, 11) is -0.532. The molecular weight excluding hydrogens is 360 g/mol. The lowest BCUT2D eigenvalue weighted by molar-refractivity contribution is 0.521. The number of nitriles is 1. The van der Waals surface area contributed by atoms with E-state index in [4.69, 9.17) is 5.73 Å². The van der Waals surface area contributed by atoms with Gasteiger partial charge in [-0.15, -0.1) is 0 Å². The molecule has 138 valence electrons. The number of sulfonamides is 1. The Morgan fingerprint density at radius 1 is 1.04 bits per heavy atom. The third-order valence-electron chi connectivity index (χ3n) is 4.41. The Morgan fingerprint density at radius 2 is 1.63 bits per heavy atom. The highest BCUT2D eigenvalue weighted by molar-refractivity contribution is 7.89. The van der Waals surface area contributed by atoms with Crippen molar-refractivity contribution in [1.29, 1.82) is 5.26 Å². The number of aromatic nitrogens is 1. The van der Waals surface area contributed by atoms with Crippen LogP contribution in [0.2, 0.25) is 0 Å². The minimum absolute atomic E-state index is 0.195. The van der Waals surface area contributed by atoms with Gasteiger partial charge < -0.3 is 10.3 Å². The quantitative estimate of drug-likeness (QED) is 0.752. The molecule has 0 spiro atoms. The molecule has 0 unspecified atom stereocenters. The Kier molecular flexibility index (Phi) is 4.79. The van der Waals surface area contributed by atoms with Crippen LogP contribution in [0.5, 0.6) is 0 Å². The highest BCUT2D eigenvalue weighted by Gasteiger charge is 2.19. The van der Waals surface area contributed by atoms with E-state index in [9.17, 15) is 13.7 Å². The first kappa shape index (κ1) is 18.7. The van der Waals surface area contributed by atoms with Crippen LogP contribution in [0.15, 0.2) is 59.6 Å². The van der Waals surface area contributed by atoms with Crippen LogP contribution in [-0.2, 0) is 10.0 Å². The summed E-state index contributed by atoms with van der Waals surface area (Å²) in [6.45, 7) is 2.00.